The molecule has 0 aliphatic heterocycles. The lowest BCUT2D eigenvalue weighted by Gasteiger charge is -2.62. The maximum Gasteiger partial charge on any atom is 0.0838 e. The molecule has 0 aromatic heterocycles. The van der Waals surface area contributed by atoms with Crippen molar-refractivity contribution in [1.29, 1.82) is 0 Å². The van der Waals surface area contributed by atoms with E-state index in [1.165, 1.54) is 0 Å². The van der Waals surface area contributed by atoms with Gasteiger partial charge < -0.3 is 25.5 Å². The molecular formula is C27H48O5. The molecule has 0 radical (unpaired) electrons. The maximum atomic E-state index is 11.4. The van der Waals surface area contributed by atoms with Gasteiger partial charge in [0.1, 0.15) is 0 Å². The summed E-state index contributed by atoms with van der Waals surface area (Å²) >= 11 is 0. The minimum atomic E-state index is -0.724. The lowest BCUT2D eigenvalue weighted by molar-refractivity contribution is -0.181. The molecule has 0 bridgehead atoms. The SMILES string of the molecule is CC(CO)CCCC(C)[C@H]1[C@@H](O)[C@H](O)[C@H]2[C@@H]3C[C@@H](O)[C@H]4C[C@@H](O)CC[C@]4(C)[C@H]3CC[C@@]21C. The van der Waals surface area contributed by atoms with Crippen molar-refractivity contribution in [2.24, 2.45) is 52.3 Å². The fourth-order valence-electron chi connectivity index (χ4n) is 9.45. The first-order valence-corrected chi connectivity index (χ1v) is 13.4. The predicted octanol–water partition coefficient (Wildman–Crippen LogP) is 3.35. The Balaban J connectivity index is 1.55. The summed E-state index contributed by atoms with van der Waals surface area (Å²) in [6, 6.07) is 0. The molecule has 4 aliphatic rings. The Morgan fingerprint density at radius 2 is 1.53 bits per heavy atom. The number of aliphatic hydroxyl groups is 5. The summed E-state index contributed by atoms with van der Waals surface area (Å²) in [4.78, 5) is 0. The fraction of sp³-hybridized carbons (Fsp3) is 1.00. The van der Waals surface area contributed by atoms with E-state index in [1.807, 2.05) is 0 Å². The first kappa shape index (κ1) is 24.9. The highest BCUT2D eigenvalue weighted by Gasteiger charge is 2.67. The number of rotatable bonds is 6. The van der Waals surface area contributed by atoms with Crippen LogP contribution in [-0.4, -0.2) is 56.6 Å². The summed E-state index contributed by atoms with van der Waals surface area (Å²) in [6.45, 7) is 9.16. The lowest BCUT2D eigenvalue weighted by atomic mass is 9.43. The molecule has 4 rings (SSSR count). The molecule has 4 fully saturated rings. The van der Waals surface area contributed by atoms with E-state index in [1.54, 1.807) is 0 Å². The van der Waals surface area contributed by atoms with Crippen molar-refractivity contribution in [2.75, 3.05) is 6.61 Å². The zero-order chi connectivity index (χ0) is 23.4. The minimum absolute atomic E-state index is 0.0116. The van der Waals surface area contributed by atoms with E-state index in [0.29, 0.717) is 30.6 Å². The van der Waals surface area contributed by atoms with E-state index < -0.39 is 18.3 Å². The van der Waals surface area contributed by atoms with Crippen LogP contribution in [0.1, 0.15) is 85.5 Å². The van der Waals surface area contributed by atoms with Gasteiger partial charge in [0.25, 0.3) is 0 Å². The molecule has 13 atom stereocenters. The van der Waals surface area contributed by atoms with Gasteiger partial charge in [0.2, 0.25) is 0 Å². The number of fused-ring (bicyclic) bond motifs is 5. The number of hydrogen-bond acceptors (Lipinski definition) is 5. The molecule has 0 heterocycles. The highest BCUT2D eigenvalue weighted by Crippen LogP contribution is 2.68. The van der Waals surface area contributed by atoms with Gasteiger partial charge in [0.05, 0.1) is 24.4 Å². The highest BCUT2D eigenvalue weighted by molar-refractivity contribution is 5.15. The van der Waals surface area contributed by atoms with Crippen LogP contribution in [0.15, 0.2) is 0 Å². The summed E-state index contributed by atoms with van der Waals surface area (Å²) in [6.07, 6.45) is 6.14. The van der Waals surface area contributed by atoms with Crippen molar-refractivity contribution in [3.8, 4) is 0 Å². The first-order valence-electron chi connectivity index (χ1n) is 13.4. The van der Waals surface area contributed by atoms with Crippen LogP contribution >= 0.6 is 0 Å². The summed E-state index contributed by atoms with van der Waals surface area (Å²) < 4.78 is 0. The molecule has 0 aromatic rings. The van der Waals surface area contributed by atoms with Gasteiger partial charge in [0, 0.05) is 6.61 Å². The predicted molar refractivity (Wildman–Crippen MR) is 125 cm³/mol. The molecule has 4 saturated carbocycles. The molecule has 0 amide bonds. The molecule has 0 aromatic carbocycles. The summed E-state index contributed by atoms with van der Waals surface area (Å²) in [7, 11) is 0. The van der Waals surface area contributed by atoms with Gasteiger partial charge in [-0.15, -0.1) is 0 Å². The monoisotopic (exact) mass is 452 g/mol. The zero-order valence-corrected chi connectivity index (χ0v) is 20.7. The minimum Gasteiger partial charge on any atom is -0.396 e. The van der Waals surface area contributed by atoms with Crippen molar-refractivity contribution >= 4 is 0 Å². The Hall–Kier alpha value is -0.200. The molecule has 0 saturated heterocycles. The van der Waals surface area contributed by atoms with Crippen LogP contribution in [0.5, 0.6) is 0 Å². The third-order valence-corrected chi connectivity index (χ3v) is 11.1. The van der Waals surface area contributed by atoms with Gasteiger partial charge in [-0.2, -0.15) is 0 Å². The maximum absolute atomic E-state index is 11.4. The Morgan fingerprint density at radius 3 is 2.22 bits per heavy atom. The zero-order valence-electron chi connectivity index (χ0n) is 20.7. The molecule has 5 N–H and O–H groups in total. The van der Waals surface area contributed by atoms with E-state index >= 15 is 0 Å². The molecule has 2 unspecified atom stereocenters. The second-order valence-electron chi connectivity index (χ2n) is 12.9. The van der Waals surface area contributed by atoms with Crippen LogP contribution < -0.4 is 0 Å². The van der Waals surface area contributed by atoms with E-state index in [-0.39, 0.29) is 47.2 Å². The topological polar surface area (TPSA) is 101 Å². The lowest BCUT2D eigenvalue weighted by Crippen LogP contribution is -2.59. The second-order valence-corrected chi connectivity index (χ2v) is 12.9. The van der Waals surface area contributed by atoms with Crippen molar-refractivity contribution < 1.29 is 25.5 Å². The van der Waals surface area contributed by atoms with Crippen molar-refractivity contribution in [1.82, 2.24) is 0 Å². The highest BCUT2D eigenvalue weighted by atomic mass is 16.3. The molecule has 186 valence electrons. The molecule has 32 heavy (non-hydrogen) atoms. The Labute approximate surface area is 194 Å². The van der Waals surface area contributed by atoms with Crippen molar-refractivity contribution in [3.05, 3.63) is 0 Å². The molecule has 4 aliphatic carbocycles. The first-order chi connectivity index (χ1) is 15.0. The fourth-order valence-corrected chi connectivity index (χ4v) is 9.45. The molecule has 5 heteroatoms. The van der Waals surface area contributed by atoms with Crippen LogP contribution in [0, 0.1) is 52.3 Å². The van der Waals surface area contributed by atoms with E-state index in [0.717, 1.165) is 44.9 Å². The van der Waals surface area contributed by atoms with Crippen LogP contribution in [0.3, 0.4) is 0 Å². The summed E-state index contributed by atoms with van der Waals surface area (Å²) in [5, 5.41) is 53.4. The van der Waals surface area contributed by atoms with Crippen LogP contribution in [0.4, 0.5) is 0 Å². The van der Waals surface area contributed by atoms with E-state index in [9.17, 15) is 25.5 Å². The molecule has 0 spiro atoms. The van der Waals surface area contributed by atoms with Gasteiger partial charge in [-0.3, -0.25) is 0 Å². The van der Waals surface area contributed by atoms with Crippen LogP contribution in [0.2, 0.25) is 0 Å². The van der Waals surface area contributed by atoms with Gasteiger partial charge in [-0.1, -0.05) is 40.5 Å². The summed E-state index contributed by atoms with van der Waals surface area (Å²) in [5.74, 6) is 1.55. The smallest absolute Gasteiger partial charge is 0.0838 e. The van der Waals surface area contributed by atoms with Gasteiger partial charge >= 0.3 is 0 Å². The molecule has 5 nitrogen and oxygen atoms in total. The summed E-state index contributed by atoms with van der Waals surface area (Å²) in [5.41, 5.74) is -0.100. The van der Waals surface area contributed by atoms with Crippen LogP contribution in [0.25, 0.3) is 0 Å². The van der Waals surface area contributed by atoms with Crippen LogP contribution in [-0.2, 0) is 0 Å². The Morgan fingerprint density at radius 1 is 0.844 bits per heavy atom. The Bertz CT molecular complexity index is 656. The normalized spacial score (nSPS) is 52.6. The number of hydrogen-bond donors (Lipinski definition) is 5. The molecular weight excluding hydrogens is 404 g/mol. The van der Waals surface area contributed by atoms with Gasteiger partial charge in [0.15, 0.2) is 0 Å². The van der Waals surface area contributed by atoms with Crippen molar-refractivity contribution in [3.63, 3.8) is 0 Å². The standard InChI is InChI=1S/C27H48O5/c1-15(14-28)6-5-7-16(2)22-24(31)25(32)23-18-13-21(30)20-12-17(29)8-10-26(20,3)19(18)9-11-27(22,23)4/h15-25,28-32H,5-14H2,1-4H3/t15?,16?,17-,18+,19-,20+,21+,22-,23+,24+,25+,26+,27+/m0/s1. The largest absolute Gasteiger partial charge is 0.396 e. The van der Waals surface area contributed by atoms with E-state index in [4.69, 9.17) is 0 Å². The van der Waals surface area contributed by atoms with Gasteiger partial charge in [-0.25, -0.2) is 0 Å². The third kappa shape index (κ3) is 3.88. The van der Waals surface area contributed by atoms with E-state index in [2.05, 4.69) is 27.7 Å². The van der Waals surface area contributed by atoms with Crippen molar-refractivity contribution in [2.45, 2.75) is 110 Å². The second kappa shape index (κ2) is 9.11. The van der Waals surface area contributed by atoms with Gasteiger partial charge in [-0.05, 0) is 97.2 Å². The third-order valence-electron chi connectivity index (χ3n) is 11.1. The average Bonchev–Trinajstić information content (AvgIpc) is 2.94. The number of aliphatic hydroxyl groups excluding tert-OH is 5. The Kier molecular flexibility index (Phi) is 7.09. The quantitative estimate of drug-likeness (QED) is 0.425. The average molecular weight is 453 g/mol.